The molecule has 0 aromatic heterocycles. The number of amides is 2. The second kappa shape index (κ2) is 6.48. The predicted octanol–water partition coefficient (Wildman–Crippen LogP) is 1.10. The summed E-state index contributed by atoms with van der Waals surface area (Å²) in [5.74, 6) is 0.207. The van der Waals surface area contributed by atoms with Crippen LogP contribution in [0.5, 0.6) is 0 Å². The van der Waals surface area contributed by atoms with Gasteiger partial charge in [-0.3, -0.25) is 9.59 Å². The molecule has 1 aliphatic heterocycles. The van der Waals surface area contributed by atoms with Crippen LogP contribution in [0.25, 0.3) is 0 Å². The van der Waals surface area contributed by atoms with E-state index in [1.165, 1.54) is 0 Å². The summed E-state index contributed by atoms with van der Waals surface area (Å²) >= 11 is 0. The minimum absolute atomic E-state index is 0.0106. The van der Waals surface area contributed by atoms with Gasteiger partial charge < -0.3 is 15.5 Å². The Morgan fingerprint density at radius 2 is 1.59 bits per heavy atom. The molecule has 2 unspecified atom stereocenters. The molecule has 0 spiro atoms. The molecule has 0 radical (unpaired) electrons. The molecule has 2 atom stereocenters. The van der Waals surface area contributed by atoms with E-state index in [-0.39, 0.29) is 23.8 Å². The summed E-state index contributed by atoms with van der Waals surface area (Å²) in [4.78, 5) is 28.6. The van der Waals surface area contributed by atoms with Gasteiger partial charge in [-0.2, -0.15) is 0 Å². The molecule has 1 aromatic carbocycles. The van der Waals surface area contributed by atoms with Crippen molar-refractivity contribution in [3.63, 3.8) is 0 Å². The average molecular weight is 301 g/mol. The summed E-state index contributed by atoms with van der Waals surface area (Å²) in [6.07, 6.45) is 2.90. The molecule has 118 valence electrons. The van der Waals surface area contributed by atoms with Crippen LogP contribution in [0.4, 0.5) is 0 Å². The number of carbonyl (C=O) groups excluding carboxylic acids is 2. The third-order valence-electron chi connectivity index (χ3n) is 4.79. The fraction of sp³-hybridized carbons (Fsp3) is 0.529. The number of nitrogens with zero attached hydrogens (tertiary/aromatic N) is 2. The van der Waals surface area contributed by atoms with Gasteiger partial charge in [0.05, 0.1) is 5.92 Å². The maximum Gasteiger partial charge on any atom is 0.253 e. The van der Waals surface area contributed by atoms with Crippen LogP contribution in [0.3, 0.4) is 0 Å². The van der Waals surface area contributed by atoms with Crippen LogP contribution in [0.1, 0.15) is 29.6 Å². The molecule has 3 rings (SSSR count). The second-order valence-electron chi connectivity index (χ2n) is 6.18. The first-order valence-corrected chi connectivity index (χ1v) is 8.05. The van der Waals surface area contributed by atoms with Crippen LogP contribution in [-0.4, -0.2) is 53.8 Å². The van der Waals surface area contributed by atoms with E-state index in [0.717, 1.165) is 19.3 Å². The summed E-state index contributed by atoms with van der Waals surface area (Å²) < 4.78 is 0. The predicted molar refractivity (Wildman–Crippen MR) is 84.2 cm³/mol. The molecule has 1 saturated heterocycles. The van der Waals surface area contributed by atoms with Crippen molar-refractivity contribution in [2.45, 2.75) is 25.3 Å². The van der Waals surface area contributed by atoms with E-state index in [0.29, 0.717) is 31.7 Å². The normalized spacial score (nSPS) is 25.3. The molecule has 5 nitrogen and oxygen atoms in total. The average Bonchev–Trinajstić information content (AvgIpc) is 3.00. The first-order chi connectivity index (χ1) is 10.7. The highest BCUT2D eigenvalue weighted by atomic mass is 16.2. The molecule has 5 heteroatoms. The van der Waals surface area contributed by atoms with E-state index >= 15 is 0 Å². The van der Waals surface area contributed by atoms with Crippen molar-refractivity contribution in [1.82, 2.24) is 9.80 Å². The van der Waals surface area contributed by atoms with Gasteiger partial charge in [0.25, 0.3) is 5.91 Å². The fourth-order valence-electron chi connectivity index (χ4n) is 3.42. The van der Waals surface area contributed by atoms with Gasteiger partial charge in [0.15, 0.2) is 0 Å². The Kier molecular flexibility index (Phi) is 4.43. The van der Waals surface area contributed by atoms with Crippen LogP contribution in [-0.2, 0) is 4.79 Å². The lowest BCUT2D eigenvalue weighted by atomic mass is 10.0. The summed E-state index contributed by atoms with van der Waals surface area (Å²) in [5, 5.41) is 0. The minimum Gasteiger partial charge on any atom is -0.339 e. The third kappa shape index (κ3) is 2.99. The maximum atomic E-state index is 12.5. The largest absolute Gasteiger partial charge is 0.339 e. The molecule has 2 aliphatic rings. The molecular weight excluding hydrogens is 278 g/mol. The molecule has 1 aliphatic carbocycles. The van der Waals surface area contributed by atoms with E-state index in [1.54, 1.807) is 0 Å². The quantitative estimate of drug-likeness (QED) is 0.889. The summed E-state index contributed by atoms with van der Waals surface area (Å²) in [6.45, 7) is 2.42. The van der Waals surface area contributed by atoms with Crippen molar-refractivity contribution in [1.29, 1.82) is 0 Å². The standard InChI is InChI=1S/C17H23N3O2/c18-15-8-4-7-14(15)17(22)20-11-9-19(10-12-20)16(21)13-5-2-1-3-6-13/h1-3,5-6,14-15H,4,7-12,18H2. The van der Waals surface area contributed by atoms with Crippen LogP contribution < -0.4 is 5.73 Å². The van der Waals surface area contributed by atoms with Crippen LogP contribution in [0.15, 0.2) is 30.3 Å². The number of benzene rings is 1. The molecule has 0 bridgehead atoms. The van der Waals surface area contributed by atoms with E-state index in [2.05, 4.69) is 0 Å². The van der Waals surface area contributed by atoms with Gasteiger partial charge >= 0.3 is 0 Å². The Hall–Kier alpha value is -1.88. The van der Waals surface area contributed by atoms with Gasteiger partial charge in [-0.1, -0.05) is 24.6 Å². The van der Waals surface area contributed by atoms with Crippen molar-refractivity contribution < 1.29 is 9.59 Å². The number of carbonyl (C=O) groups is 2. The molecule has 1 saturated carbocycles. The molecule has 22 heavy (non-hydrogen) atoms. The lowest BCUT2D eigenvalue weighted by molar-refractivity contribution is -0.137. The van der Waals surface area contributed by atoms with Crippen molar-refractivity contribution in [3.8, 4) is 0 Å². The topological polar surface area (TPSA) is 66.6 Å². The maximum absolute atomic E-state index is 12.5. The molecule has 2 N–H and O–H groups in total. The number of rotatable bonds is 2. The molecule has 2 amide bonds. The fourth-order valence-corrected chi connectivity index (χ4v) is 3.42. The van der Waals surface area contributed by atoms with Crippen LogP contribution >= 0.6 is 0 Å². The zero-order valence-corrected chi connectivity index (χ0v) is 12.8. The lowest BCUT2D eigenvalue weighted by Gasteiger charge is -2.36. The Labute approximate surface area is 131 Å². The Bertz CT molecular complexity index is 538. The molecular formula is C17H23N3O2. The number of piperazine rings is 1. The van der Waals surface area contributed by atoms with E-state index in [1.807, 2.05) is 40.1 Å². The van der Waals surface area contributed by atoms with Gasteiger partial charge in [0, 0.05) is 37.8 Å². The van der Waals surface area contributed by atoms with Gasteiger partial charge in [-0.25, -0.2) is 0 Å². The molecule has 1 heterocycles. The van der Waals surface area contributed by atoms with Gasteiger partial charge in [-0.05, 0) is 25.0 Å². The summed E-state index contributed by atoms with van der Waals surface area (Å²) in [6, 6.07) is 9.31. The zero-order valence-electron chi connectivity index (χ0n) is 12.8. The monoisotopic (exact) mass is 301 g/mol. The summed E-state index contributed by atoms with van der Waals surface area (Å²) in [7, 11) is 0. The highest BCUT2D eigenvalue weighted by Gasteiger charge is 2.35. The van der Waals surface area contributed by atoms with Gasteiger partial charge in [0.2, 0.25) is 5.91 Å². The molecule has 1 aromatic rings. The van der Waals surface area contributed by atoms with Gasteiger partial charge in [0.1, 0.15) is 0 Å². The van der Waals surface area contributed by atoms with Crippen LogP contribution in [0.2, 0.25) is 0 Å². The van der Waals surface area contributed by atoms with Gasteiger partial charge in [-0.15, -0.1) is 0 Å². The highest BCUT2D eigenvalue weighted by molar-refractivity contribution is 5.94. The first-order valence-electron chi connectivity index (χ1n) is 8.05. The van der Waals surface area contributed by atoms with Crippen molar-refractivity contribution in [2.24, 2.45) is 11.7 Å². The molecule has 2 fully saturated rings. The van der Waals surface area contributed by atoms with E-state index in [9.17, 15) is 9.59 Å². The van der Waals surface area contributed by atoms with Crippen molar-refractivity contribution >= 4 is 11.8 Å². The minimum atomic E-state index is -0.0172. The first kappa shape index (κ1) is 15.0. The highest BCUT2D eigenvalue weighted by Crippen LogP contribution is 2.26. The zero-order chi connectivity index (χ0) is 15.5. The number of nitrogens with two attached hydrogens (primary N) is 1. The Morgan fingerprint density at radius 3 is 2.18 bits per heavy atom. The Morgan fingerprint density at radius 1 is 0.955 bits per heavy atom. The van der Waals surface area contributed by atoms with Crippen molar-refractivity contribution in [2.75, 3.05) is 26.2 Å². The number of hydrogen-bond acceptors (Lipinski definition) is 3. The smallest absolute Gasteiger partial charge is 0.253 e. The van der Waals surface area contributed by atoms with E-state index < -0.39 is 0 Å². The van der Waals surface area contributed by atoms with Crippen LogP contribution in [0, 0.1) is 5.92 Å². The van der Waals surface area contributed by atoms with E-state index in [4.69, 9.17) is 5.73 Å². The number of hydrogen-bond donors (Lipinski definition) is 1. The lowest BCUT2D eigenvalue weighted by Crippen LogP contribution is -2.53. The summed E-state index contributed by atoms with van der Waals surface area (Å²) in [5.41, 5.74) is 6.73. The second-order valence-corrected chi connectivity index (χ2v) is 6.18. The third-order valence-corrected chi connectivity index (χ3v) is 4.79. The van der Waals surface area contributed by atoms with Crippen molar-refractivity contribution in [3.05, 3.63) is 35.9 Å². The SMILES string of the molecule is NC1CCCC1C(=O)N1CCN(C(=O)c2ccccc2)CC1. The Balaban J connectivity index is 1.56.